The van der Waals surface area contributed by atoms with Gasteiger partial charge in [-0.2, -0.15) is 0 Å². The summed E-state index contributed by atoms with van der Waals surface area (Å²) in [5.41, 5.74) is 5.07. The molecule has 54 valence electrons. The molecule has 0 aromatic heterocycles. The molecule has 0 radical (unpaired) electrons. The molecule has 5 nitrogen and oxygen atoms in total. The van der Waals surface area contributed by atoms with Crippen LogP contribution < -0.4 is 11.6 Å². The van der Waals surface area contributed by atoms with Crippen molar-refractivity contribution in [3.05, 3.63) is 0 Å². The van der Waals surface area contributed by atoms with E-state index in [1.165, 1.54) is 6.92 Å². The summed E-state index contributed by atoms with van der Waals surface area (Å²) in [5.74, 6) is 3.55. The summed E-state index contributed by atoms with van der Waals surface area (Å²) in [5, 5.41) is 8.22. The maximum atomic E-state index is 10.0. The smallest absolute Gasteiger partial charge is 0.323 e. The van der Waals surface area contributed by atoms with E-state index in [4.69, 9.17) is 10.8 Å². The van der Waals surface area contributed by atoms with Crippen molar-refractivity contribution in [2.45, 2.75) is 19.1 Å². The van der Waals surface area contributed by atoms with E-state index in [9.17, 15) is 4.79 Å². The molecule has 0 heterocycles. The zero-order chi connectivity index (χ0) is 7.44. The van der Waals surface area contributed by atoms with E-state index in [0.717, 1.165) is 0 Å². The molecule has 0 saturated carbocycles. The van der Waals surface area contributed by atoms with Crippen LogP contribution in [0.1, 0.15) is 6.92 Å². The van der Waals surface area contributed by atoms with Gasteiger partial charge in [0.25, 0.3) is 0 Å². The van der Waals surface area contributed by atoms with E-state index in [1.54, 1.807) is 0 Å². The van der Waals surface area contributed by atoms with Crippen molar-refractivity contribution in [1.29, 1.82) is 0 Å². The summed E-state index contributed by atoms with van der Waals surface area (Å²) in [4.78, 5) is 14.2. The molecular weight excluding hydrogens is 124 g/mol. The van der Waals surface area contributed by atoms with Gasteiger partial charge in [-0.25, -0.2) is 5.90 Å². The molecule has 2 unspecified atom stereocenters. The molecule has 5 N–H and O–H groups in total. The van der Waals surface area contributed by atoms with Crippen LogP contribution in [0.2, 0.25) is 0 Å². The topological polar surface area (TPSA) is 98.6 Å². The summed E-state index contributed by atoms with van der Waals surface area (Å²) in [6.07, 6.45) is -0.650. The number of aliphatic carboxylic acids is 1. The lowest BCUT2D eigenvalue weighted by atomic mass is 10.2. The van der Waals surface area contributed by atoms with Crippen LogP contribution in [0, 0.1) is 0 Å². The highest BCUT2D eigenvalue weighted by Crippen LogP contribution is 1.90. The average Bonchev–Trinajstić information content (AvgIpc) is 1.84. The number of hydrogen-bond donors (Lipinski definition) is 3. The molecule has 0 amide bonds. The first-order valence-corrected chi connectivity index (χ1v) is 2.43. The average molecular weight is 134 g/mol. The van der Waals surface area contributed by atoms with E-state index in [1.807, 2.05) is 0 Å². The van der Waals surface area contributed by atoms with Gasteiger partial charge in [0.1, 0.15) is 12.1 Å². The maximum Gasteiger partial charge on any atom is 0.323 e. The van der Waals surface area contributed by atoms with Gasteiger partial charge in [-0.3, -0.25) is 9.63 Å². The van der Waals surface area contributed by atoms with E-state index in [2.05, 4.69) is 10.7 Å². The highest BCUT2D eigenvalue weighted by atomic mass is 16.6. The predicted molar refractivity (Wildman–Crippen MR) is 30.3 cm³/mol. The van der Waals surface area contributed by atoms with Crippen LogP contribution in [0.3, 0.4) is 0 Å². The minimum Gasteiger partial charge on any atom is -0.480 e. The Kier molecular flexibility index (Phi) is 3.15. The second-order valence-corrected chi connectivity index (χ2v) is 1.71. The fraction of sp³-hybridized carbons (Fsp3) is 0.750. The van der Waals surface area contributed by atoms with Crippen LogP contribution in [0.5, 0.6) is 0 Å². The van der Waals surface area contributed by atoms with Crippen LogP contribution in [-0.2, 0) is 9.63 Å². The summed E-state index contributed by atoms with van der Waals surface area (Å²) < 4.78 is 0. The fourth-order valence-electron chi connectivity index (χ4n) is 0.285. The molecule has 9 heavy (non-hydrogen) atoms. The van der Waals surface area contributed by atoms with Gasteiger partial charge in [0.2, 0.25) is 0 Å². The van der Waals surface area contributed by atoms with Gasteiger partial charge in [-0.15, -0.1) is 0 Å². The fourth-order valence-corrected chi connectivity index (χ4v) is 0.285. The number of nitrogens with two attached hydrogens (primary N) is 2. The SMILES string of the molecule is CC(ON)C(N)C(=O)O. The first-order chi connectivity index (χ1) is 4.09. The Balaban J connectivity index is 3.72. The van der Waals surface area contributed by atoms with Gasteiger partial charge >= 0.3 is 5.97 Å². The van der Waals surface area contributed by atoms with Crippen LogP contribution in [0.25, 0.3) is 0 Å². The van der Waals surface area contributed by atoms with E-state index in [-0.39, 0.29) is 0 Å². The molecule has 0 rings (SSSR count). The minimum absolute atomic E-state index is 0.650. The van der Waals surface area contributed by atoms with Crippen molar-refractivity contribution >= 4 is 5.97 Å². The normalized spacial score (nSPS) is 16.8. The Bertz CT molecular complexity index is 106. The molecule has 0 aromatic carbocycles. The molecule has 0 bridgehead atoms. The third-order valence-corrected chi connectivity index (χ3v) is 1.01. The maximum absolute atomic E-state index is 10.0. The molecular formula is C4H10N2O3. The van der Waals surface area contributed by atoms with Crippen LogP contribution in [0.4, 0.5) is 0 Å². The van der Waals surface area contributed by atoms with Gasteiger partial charge in [0.05, 0.1) is 0 Å². The van der Waals surface area contributed by atoms with E-state index in [0.29, 0.717) is 0 Å². The summed E-state index contributed by atoms with van der Waals surface area (Å²) in [6, 6.07) is -1.05. The highest BCUT2D eigenvalue weighted by molar-refractivity contribution is 5.73. The lowest BCUT2D eigenvalue weighted by Gasteiger charge is -2.11. The monoisotopic (exact) mass is 134 g/mol. The van der Waals surface area contributed by atoms with Crippen LogP contribution in [0.15, 0.2) is 0 Å². The third kappa shape index (κ3) is 2.41. The molecule has 0 spiro atoms. The third-order valence-electron chi connectivity index (χ3n) is 1.01. The van der Waals surface area contributed by atoms with Gasteiger partial charge < -0.3 is 10.8 Å². The molecule has 0 aromatic rings. The Morgan fingerprint density at radius 2 is 2.22 bits per heavy atom. The zero-order valence-electron chi connectivity index (χ0n) is 5.07. The molecule has 0 saturated heterocycles. The molecule has 0 aliphatic heterocycles. The summed E-state index contributed by atoms with van der Waals surface area (Å²) in [7, 11) is 0. The van der Waals surface area contributed by atoms with Crippen molar-refractivity contribution < 1.29 is 14.7 Å². The Hall–Kier alpha value is -0.650. The van der Waals surface area contributed by atoms with Crippen molar-refractivity contribution in [2.75, 3.05) is 0 Å². The molecule has 5 heteroatoms. The molecule has 0 aliphatic rings. The predicted octanol–water partition coefficient (Wildman–Crippen LogP) is -1.32. The van der Waals surface area contributed by atoms with Crippen LogP contribution >= 0.6 is 0 Å². The largest absolute Gasteiger partial charge is 0.480 e. The van der Waals surface area contributed by atoms with Gasteiger partial charge in [-0.1, -0.05) is 0 Å². The minimum atomic E-state index is -1.12. The number of carboxylic acids is 1. The first kappa shape index (κ1) is 8.35. The molecule has 0 aliphatic carbocycles. The van der Waals surface area contributed by atoms with Crippen molar-refractivity contribution in [3.63, 3.8) is 0 Å². The Morgan fingerprint density at radius 1 is 1.78 bits per heavy atom. The summed E-state index contributed by atoms with van der Waals surface area (Å²) >= 11 is 0. The lowest BCUT2D eigenvalue weighted by Crippen LogP contribution is -2.42. The Labute approximate surface area is 52.5 Å². The summed E-state index contributed by atoms with van der Waals surface area (Å²) in [6.45, 7) is 1.48. The zero-order valence-corrected chi connectivity index (χ0v) is 5.07. The molecule has 0 fully saturated rings. The standard InChI is InChI=1S/C4H10N2O3/c1-2(9-6)3(5)4(7)8/h2-3H,5-6H2,1H3,(H,7,8). The van der Waals surface area contributed by atoms with E-state index < -0.39 is 18.1 Å². The first-order valence-electron chi connectivity index (χ1n) is 2.43. The van der Waals surface area contributed by atoms with E-state index >= 15 is 0 Å². The van der Waals surface area contributed by atoms with Crippen molar-refractivity contribution in [3.8, 4) is 0 Å². The second-order valence-electron chi connectivity index (χ2n) is 1.71. The van der Waals surface area contributed by atoms with Crippen molar-refractivity contribution in [2.24, 2.45) is 11.6 Å². The highest BCUT2D eigenvalue weighted by Gasteiger charge is 2.19. The number of rotatable bonds is 3. The second kappa shape index (κ2) is 3.39. The van der Waals surface area contributed by atoms with Gasteiger partial charge in [-0.05, 0) is 6.92 Å². The quantitative estimate of drug-likeness (QED) is 0.416. The number of carboxylic acid groups (broad SMARTS) is 1. The van der Waals surface area contributed by atoms with Crippen LogP contribution in [-0.4, -0.2) is 23.2 Å². The van der Waals surface area contributed by atoms with Gasteiger partial charge in [0.15, 0.2) is 0 Å². The lowest BCUT2D eigenvalue weighted by molar-refractivity contribution is -0.142. The molecule has 2 atom stereocenters. The van der Waals surface area contributed by atoms with Gasteiger partial charge in [0, 0.05) is 0 Å². The Morgan fingerprint density at radius 3 is 2.33 bits per heavy atom. The van der Waals surface area contributed by atoms with Crippen molar-refractivity contribution in [1.82, 2.24) is 0 Å². The number of hydrogen-bond acceptors (Lipinski definition) is 4. The number of carbonyl (C=O) groups is 1.